The number of amides is 1. The number of hydrogen-bond donors (Lipinski definition) is 2. The number of benzene rings is 2. The Labute approximate surface area is 129 Å². The van der Waals surface area contributed by atoms with Crippen molar-refractivity contribution in [1.29, 1.82) is 0 Å². The molecule has 0 aliphatic rings. The first kappa shape index (κ1) is 16.2. The SMILES string of the molecule is CCc1ccccc1C(=O)NC(C)C(O)c1ccc(F)cc1. The van der Waals surface area contributed by atoms with Crippen LogP contribution in [0.15, 0.2) is 48.5 Å². The summed E-state index contributed by atoms with van der Waals surface area (Å²) in [5.74, 6) is -0.573. The van der Waals surface area contributed by atoms with E-state index in [9.17, 15) is 14.3 Å². The van der Waals surface area contributed by atoms with Gasteiger partial charge in [-0.25, -0.2) is 4.39 Å². The van der Waals surface area contributed by atoms with E-state index in [-0.39, 0.29) is 11.7 Å². The van der Waals surface area contributed by atoms with Gasteiger partial charge in [0.2, 0.25) is 0 Å². The third-order valence-corrected chi connectivity index (χ3v) is 3.69. The highest BCUT2D eigenvalue weighted by molar-refractivity contribution is 5.95. The van der Waals surface area contributed by atoms with E-state index in [0.29, 0.717) is 11.1 Å². The van der Waals surface area contributed by atoms with Crippen molar-refractivity contribution >= 4 is 5.91 Å². The second-order valence-electron chi connectivity index (χ2n) is 5.27. The third-order valence-electron chi connectivity index (χ3n) is 3.69. The molecular weight excluding hydrogens is 281 g/mol. The molecular formula is C18H20FNO2. The van der Waals surface area contributed by atoms with Gasteiger partial charge in [0.25, 0.3) is 5.91 Å². The molecule has 0 saturated heterocycles. The number of carbonyl (C=O) groups is 1. The van der Waals surface area contributed by atoms with E-state index in [1.54, 1.807) is 13.0 Å². The molecule has 0 heterocycles. The summed E-state index contributed by atoms with van der Waals surface area (Å²) in [6.45, 7) is 3.71. The number of aliphatic hydroxyl groups excluding tert-OH is 1. The van der Waals surface area contributed by atoms with Gasteiger partial charge in [0.15, 0.2) is 0 Å². The molecule has 22 heavy (non-hydrogen) atoms. The summed E-state index contributed by atoms with van der Waals surface area (Å²) >= 11 is 0. The smallest absolute Gasteiger partial charge is 0.251 e. The fourth-order valence-electron chi connectivity index (χ4n) is 2.36. The van der Waals surface area contributed by atoms with Crippen molar-refractivity contribution in [3.63, 3.8) is 0 Å². The predicted molar refractivity (Wildman–Crippen MR) is 84.1 cm³/mol. The Morgan fingerprint density at radius 2 is 1.82 bits per heavy atom. The monoisotopic (exact) mass is 301 g/mol. The van der Waals surface area contributed by atoms with E-state index >= 15 is 0 Å². The van der Waals surface area contributed by atoms with Gasteiger partial charge in [0.05, 0.1) is 12.1 Å². The Kier molecular flexibility index (Phi) is 5.28. The molecule has 1 amide bonds. The maximum Gasteiger partial charge on any atom is 0.251 e. The number of halogens is 1. The molecule has 0 saturated carbocycles. The largest absolute Gasteiger partial charge is 0.386 e. The first-order chi connectivity index (χ1) is 10.5. The zero-order valence-electron chi connectivity index (χ0n) is 12.7. The minimum Gasteiger partial charge on any atom is -0.386 e. The lowest BCUT2D eigenvalue weighted by atomic mass is 10.0. The van der Waals surface area contributed by atoms with E-state index in [0.717, 1.165) is 12.0 Å². The van der Waals surface area contributed by atoms with Crippen molar-refractivity contribution in [3.8, 4) is 0 Å². The number of carbonyl (C=O) groups excluding carboxylic acids is 1. The highest BCUT2D eigenvalue weighted by Crippen LogP contribution is 2.18. The van der Waals surface area contributed by atoms with Gasteiger partial charge in [0.1, 0.15) is 5.82 Å². The molecule has 0 aliphatic carbocycles. The van der Waals surface area contributed by atoms with Crippen molar-refractivity contribution < 1.29 is 14.3 Å². The fraction of sp³-hybridized carbons (Fsp3) is 0.278. The normalized spacial score (nSPS) is 13.5. The van der Waals surface area contributed by atoms with Gasteiger partial charge in [-0.3, -0.25) is 4.79 Å². The van der Waals surface area contributed by atoms with Crippen LogP contribution in [-0.4, -0.2) is 17.1 Å². The molecule has 2 unspecified atom stereocenters. The van der Waals surface area contributed by atoms with Crippen molar-refractivity contribution in [2.75, 3.05) is 0 Å². The number of nitrogens with one attached hydrogen (secondary N) is 1. The average molecular weight is 301 g/mol. The van der Waals surface area contributed by atoms with Gasteiger partial charge in [-0.1, -0.05) is 37.3 Å². The van der Waals surface area contributed by atoms with Crippen LogP contribution in [0.5, 0.6) is 0 Å². The molecule has 2 aromatic carbocycles. The Bertz CT molecular complexity index is 640. The van der Waals surface area contributed by atoms with Gasteiger partial charge in [-0.2, -0.15) is 0 Å². The van der Waals surface area contributed by atoms with Gasteiger partial charge in [0, 0.05) is 5.56 Å². The standard InChI is InChI=1S/C18H20FNO2/c1-3-13-6-4-5-7-16(13)18(22)20-12(2)17(21)14-8-10-15(19)11-9-14/h4-12,17,21H,3H2,1-2H3,(H,20,22). The number of aliphatic hydroxyl groups is 1. The molecule has 0 aliphatic heterocycles. The summed E-state index contributed by atoms with van der Waals surface area (Å²) in [5.41, 5.74) is 2.14. The Morgan fingerprint density at radius 1 is 1.18 bits per heavy atom. The summed E-state index contributed by atoms with van der Waals surface area (Å²) in [7, 11) is 0. The Morgan fingerprint density at radius 3 is 2.45 bits per heavy atom. The van der Waals surface area contributed by atoms with Crippen molar-refractivity contribution in [3.05, 3.63) is 71.0 Å². The quantitative estimate of drug-likeness (QED) is 0.890. The maximum atomic E-state index is 12.9. The average Bonchev–Trinajstić information content (AvgIpc) is 2.54. The van der Waals surface area contributed by atoms with Crippen molar-refractivity contribution in [2.45, 2.75) is 32.4 Å². The number of aryl methyl sites for hydroxylation is 1. The summed E-state index contributed by atoms with van der Waals surface area (Å²) in [4.78, 5) is 12.3. The van der Waals surface area contributed by atoms with Crippen molar-refractivity contribution in [2.24, 2.45) is 0 Å². The zero-order chi connectivity index (χ0) is 16.1. The lowest BCUT2D eigenvalue weighted by Gasteiger charge is -2.21. The summed E-state index contributed by atoms with van der Waals surface area (Å²) < 4.78 is 12.9. The van der Waals surface area contributed by atoms with E-state index in [4.69, 9.17) is 0 Å². The van der Waals surface area contributed by atoms with E-state index in [1.807, 2.05) is 25.1 Å². The van der Waals surface area contributed by atoms with Crippen LogP contribution < -0.4 is 5.32 Å². The van der Waals surface area contributed by atoms with Crippen molar-refractivity contribution in [1.82, 2.24) is 5.32 Å². The highest BCUT2D eigenvalue weighted by atomic mass is 19.1. The van der Waals surface area contributed by atoms with Crippen LogP contribution in [0.25, 0.3) is 0 Å². The van der Waals surface area contributed by atoms with E-state index < -0.39 is 12.1 Å². The van der Waals surface area contributed by atoms with Crippen LogP contribution in [0.4, 0.5) is 4.39 Å². The van der Waals surface area contributed by atoms with Crippen LogP contribution in [0.3, 0.4) is 0 Å². The lowest BCUT2D eigenvalue weighted by molar-refractivity contribution is 0.0851. The molecule has 116 valence electrons. The van der Waals surface area contributed by atoms with Crippen LogP contribution >= 0.6 is 0 Å². The molecule has 0 radical (unpaired) electrons. The van der Waals surface area contributed by atoms with Crippen LogP contribution in [0.2, 0.25) is 0 Å². The Balaban J connectivity index is 2.09. The minimum absolute atomic E-state index is 0.217. The molecule has 0 bridgehead atoms. The zero-order valence-corrected chi connectivity index (χ0v) is 12.7. The molecule has 3 nitrogen and oxygen atoms in total. The molecule has 2 N–H and O–H groups in total. The first-order valence-corrected chi connectivity index (χ1v) is 7.35. The third kappa shape index (κ3) is 3.71. The lowest BCUT2D eigenvalue weighted by Crippen LogP contribution is -2.37. The molecule has 2 rings (SSSR count). The molecule has 0 aromatic heterocycles. The van der Waals surface area contributed by atoms with Gasteiger partial charge in [-0.15, -0.1) is 0 Å². The second-order valence-corrected chi connectivity index (χ2v) is 5.27. The second kappa shape index (κ2) is 7.18. The summed E-state index contributed by atoms with van der Waals surface area (Å²) in [5, 5.41) is 13.1. The minimum atomic E-state index is -0.890. The van der Waals surface area contributed by atoms with E-state index in [2.05, 4.69) is 5.32 Å². The van der Waals surface area contributed by atoms with Gasteiger partial charge in [-0.05, 0) is 42.7 Å². The molecule has 2 aromatic rings. The maximum absolute atomic E-state index is 12.9. The molecule has 4 heteroatoms. The molecule has 2 atom stereocenters. The molecule has 0 spiro atoms. The number of rotatable bonds is 5. The topological polar surface area (TPSA) is 49.3 Å². The van der Waals surface area contributed by atoms with Crippen LogP contribution in [-0.2, 0) is 6.42 Å². The van der Waals surface area contributed by atoms with Gasteiger partial charge < -0.3 is 10.4 Å². The molecule has 0 fully saturated rings. The number of hydrogen-bond acceptors (Lipinski definition) is 2. The van der Waals surface area contributed by atoms with Crippen LogP contribution in [0, 0.1) is 5.82 Å². The van der Waals surface area contributed by atoms with E-state index in [1.165, 1.54) is 24.3 Å². The predicted octanol–water partition coefficient (Wildman–Crippen LogP) is 3.24. The van der Waals surface area contributed by atoms with Gasteiger partial charge >= 0.3 is 0 Å². The first-order valence-electron chi connectivity index (χ1n) is 7.35. The fourth-order valence-corrected chi connectivity index (χ4v) is 2.36. The highest BCUT2D eigenvalue weighted by Gasteiger charge is 2.20. The summed E-state index contributed by atoms with van der Waals surface area (Å²) in [6.07, 6.45) is -0.128. The Hall–Kier alpha value is -2.20. The summed E-state index contributed by atoms with van der Waals surface area (Å²) in [6, 6.07) is 12.5. The van der Waals surface area contributed by atoms with Crippen LogP contribution in [0.1, 0.15) is 41.4 Å².